The molecule has 2 bridgehead atoms. The second kappa shape index (κ2) is 6.06. The Labute approximate surface area is 159 Å². The van der Waals surface area contributed by atoms with Crippen LogP contribution in [0, 0.1) is 5.41 Å². The zero-order valence-electron chi connectivity index (χ0n) is 16.0. The van der Waals surface area contributed by atoms with Crippen molar-refractivity contribution in [1.82, 2.24) is 9.97 Å². The van der Waals surface area contributed by atoms with Crippen molar-refractivity contribution in [1.29, 1.82) is 0 Å². The molecule has 0 radical (unpaired) electrons. The number of carbonyl (C=O) groups is 1. The van der Waals surface area contributed by atoms with E-state index in [1.54, 1.807) is 6.20 Å². The number of carbonyl (C=O) groups excluding carboxylic acids is 1. The van der Waals surface area contributed by atoms with Crippen molar-refractivity contribution in [2.45, 2.75) is 88.5 Å². The molecule has 0 unspecified atom stereocenters. The molecule has 146 valence electrons. The number of amides is 1. The monoisotopic (exact) mass is 371 g/mol. The highest BCUT2D eigenvalue weighted by Gasteiger charge is 2.65. The van der Waals surface area contributed by atoms with Gasteiger partial charge in [-0.2, -0.15) is 4.98 Å². The molecule has 5 aliphatic carbocycles. The highest BCUT2D eigenvalue weighted by atomic mass is 16.5. The molecular weight excluding hydrogens is 342 g/mol. The van der Waals surface area contributed by atoms with Crippen molar-refractivity contribution in [3.05, 3.63) is 11.8 Å². The molecule has 0 aliphatic heterocycles. The van der Waals surface area contributed by atoms with Gasteiger partial charge >= 0.3 is 0 Å². The van der Waals surface area contributed by atoms with E-state index in [2.05, 4.69) is 27.5 Å². The van der Waals surface area contributed by atoms with Gasteiger partial charge < -0.3 is 21.1 Å². The Morgan fingerprint density at radius 1 is 1.15 bits per heavy atom. The first-order valence-electron chi connectivity index (χ1n) is 10.3. The molecule has 0 aromatic carbocycles. The van der Waals surface area contributed by atoms with Crippen LogP contribution >= 0.6 is 0 Å². The van der Waals surface area contributed by atoms with Gasteiger partial charge in [-0.05, 0) is 63.2 Å². The highest BCUT2D eigenvalue weighted by molar-refractivity contribution is 5.97. The van der Waals surface area contributed by atoms with E-state index in [1.807, 2.05) is 0 Å². The molecule has 27 heavy (non-hydrogen) atoms. The average Bonchev–Trinajstić information content (AvgIpc) is 3.38. The summed E-state index contributed by atoms with van der Waals surface area (Å²) < 4.78 is 6.03. The molecule has 0 spiro atoms. The fourth-order valence-electron chi connectivity index (χ4n) is 5.41. The van der Waals surface area contributed by atoms with Crippen molar-refractivity contribution in [3.63, 3.8) is 0 Å². The molecular formula is C20H29N5O2. The molecule has 1 aromatic rings. The third kappa shape index (κ3) is 3.37. The summed E-state index contributed by atoms with van der Waals surface area (Å²) in [7, 11) is 0. The summed E-state index contributed by atoms with van der Waals surface area (Å²) >= 11 is 0. The number of hydrogen-bond donors (Lipinski definition) is 3. The van der Waals surface area contributed by atoms with E-state index in [0.717, 1.165) is 44.9 Å². The van der Waals surface area contributed by atoms with Gasteiger partial charge in [0.1, 0.15) is 5.82 Å². The standard InChI is InChI=1S/C20H29N5O2/c1-19-9-20(10-19,11-19)25-17-15(16(21)26)8-22-18(24-17)23-12-2-4-13(5-3-12)27-14-6-7-14/h8,12-14H,2-7,9-11H2,1H3,(H2,21,26)(H2,22,23,24,25)/t12-,13-,19?,20?. The summed E-state index contributed by atoms with van der Waals surface area (Å²) in [6.45, 7) is 2.31. The smallest absolute Gasteiger partial charge is 0.254 e. The van der Waals surface area contributed by atoms with Gasteiger partial charge in [0.15, 0.2) is 0 Å². The molecule has 5 fully saturated rings. The molecule has 0 atom stereocenters. The summed E-state index contributed by atoms with van der Waals surface area (Å²) in [5, 5.41) is 6.95. The Morgan fingerprint density at radius 2 is 1.78 bits per heavy atom. The minimum absolute atomic E-state index is 0.1000. The lowest BCUT2D eigenvalue weighted by Crippen LogP contribution is -2.69. The van der Waals surface area contributed by atoms with E-state index >= 15 is 0 Å². The van der Waals surface area contributed by atoms with Gasteiger partial charge in [0, 0.05) is 17.8 Å². The molecule has 1 amide bonds. The Kier molecular flexibility index (Phi) is 3.86. The van der Waals surface area contributed by atoms with E-state index in [1.165, 1.54) is 12.8 Å². The minimum atomic E-state index is -0.486. The van der Waals surface area contributed by atoms with E-state index < -0.39 is 5.91 Å². The molecule has 1 aromatic heterocycles. The quantitative estimate of drug-likeness (QED) is 0.681. The minimum Gasteiger partial charge on any atom is -0.375 e. The molecule has 6 rings (SSSR count). The van der Waals surface area contributed by atoms with Crippen molar-refractivity contribution in [2.24, 2.45) is 11.1 Å². The SMILES string of the molecule is CC12CC(Nc3nc(N[C@H]4CC[C@H](OC5CC5)CC4)ncc3C(N)=O)(C1)C2. The lowest BCUT2D eigenvalue weighted by Gasteiger charge is -2.69. The first-order valence-corrected chi connectivity index (χ1v) is 10.3. The third-order valence-electron chi connectivity index (χ3n) is 6.65. The van der Waals surface area contributed by atoms with Crippen LogP contribution in [0.2, 0.25) is 0 Å². The molecule has 7 nitrogen and oxygen atoms in total. The van der Waals surface area contributed by atoms with Gasteiger partial charge in [0.2, 0.25) is 5.95 Å². The summed E-state index contributed by atoms with van der Waals surface area (Å²) in [5.74, 6) is 0.666. The van der Waals surface area contributed by atoms with Gasteiger partial charge in [-0.1, -0.05) is 6.92 Å². The number of ether oxygens (including phenoxy) is 1. The molecule has 7 heteroatoms. The number of nitrogens with two attached hydrogens (primary N) is 1. The summed E-state index contributed by atoms with van der Waals surface area (Å²) in [5.41, 5.74) is 6.49. The zero-order valence-corrected chi connectivity index (χ0v) is 16.0. The Bertz CT molecular complexity index is 735. The van der Waals surface area contributed by atoms with Crippen LogP contribution in [-0.2, 0) is 4.74 Å². The van der Waals surface area contributed by atoms with Crippen LogP contribution in [-0.4, -0.2) is 39.7 Å². The van der Waals surface area contributed by atoms with E-state index in [9.17, 15) is 4.79 Å². The average molecular weight is 371 g/mol. The summed E-state index contributed by atoms with van der Waals surface area (Å²) in [4.78, 5) is 20.7. The highest BCUT2D eigenvalue weighted by Crippen LogP contribution is 2.68. The topological polar surface area (TPSA) is 102 Å². The summed E-state index contributed by atoms with van der Waals surface area (Å²) in [6, 6.07) is 0.352. The molecule has 1 heterocycles. The number of nitrogens with zero attached hydrogens (tertiary/aromatic N) is 2. The predicted octanol–water partition coefficient (Wildman–Crippen LogP) is 2.83. The van der Waals surface area contributed by atoms with Crippen LogP contribution in [0.5, 0.6) is 0 Å². The van der Waals surface area contributed by atoms with Gasteiger partial charge in [-0.15, -0.1) is 0 Å². The van der Waals surface area contributed by atoms with Crippen molar-refractivity contribution < 1.29 is 9.53 Å². The fraction of sp³-hybridized carbons (Fsp3) is 0.750. The van der Waals surface area contributed by atoms with Crippen molar-refractivity contribution in [3.8, 4) is 0 Å². The number of hydrogen-bond acceptors (Lipinski definition) is 6. The second-order valence-electron chi connectivity index (χ2n) is 9.52. The predicted molar refractivity (Wildman–Crippen MR) is 103 cm³/mol. The van der Waals surface area contributed by atoms with Crippen LogP contribution in [0.3, 0.4) is 0 Å². The Balaban J connectivity index is 1.23. The maximum Gasteiger partial charge on any atom is 0.254 e. The van der Waals surface area contributed by atoms with E-state index in [0.29, 0.717) is 41.0 Å². The van der Waals surface area contributed by atoms with Crippen molar-refractivity contribution in [2.75, 3.05) is 10.6 Å². The van der Waals surface area contributed by atoms with Crippen LogP contribution in [0.4, 0.5) is 11.8 Å². The Hall–Kier alpha value is -1.89. The largest absolute Gasteiger partial charge is 0.375 e. The van der Waals surface area contributed by atoms with Crippen LogP contribution < -0.4 is 16.4 Å². The van der Waals surface area contributed by atoms with Crippen LogP contribution in [0.1, 0.15) is 75.1 Å². The number of anilines is 2. The zero-order chi connectivity index (χ0) is 18.6. The van der Waals surface area contributed by atoms with Gasteiger partial charge in [0.05, 0.1) is 17.8 Å². The van der Waals surface area contributed by atoms with Gasteiger partial charge in [0.25, 0.3) is 5.91 Å². The lowest BCUT2D eigenvalue weighted by atomic mass is 9.40. The van der Waals surface area contributed by atoms with Gasteiger partial charge in [-0.3, -0.25) is 4.79 Å². The first-order chi connectivity index (χ1) is 12.9. The van der Waals surface area contributed by atoms with Crippen molar-refractivity contribution >= 4 is 17.7 Å². The summed E-state index contributed by atoms with van der Waals surface area (Å²) in [6.07, 6.45) is 12.6. The molecule has 5 saturated carbocycles. The Morgan fingerprint density at radius 3 is 2.33 bits per heavy atom. The molecule has 4 N–H and O–H groups in total. The van der Waals surface area contributed by atoms with Crippen LogP contribution in [0.25, 0.3) is 0 Å². The van der Waals surface area contributed by atoms with Crippen LogP contribution in [0.15, 0.2) is 6.20 Å². The normalized spacial score (nSPS) is 37.1. The lowest BCUT2D eigenvalue weighted by molar-refractivity contribution is -0.1000. The fourth-order valence-corrected chi connectivity index (χ4v) is 5.41. The number of rotatable bonds is 7. The first kappa shape index (κ1) is 17.2. The van der Waals surface area contributed by atoms with E-state index in [4.69, 9.17) is 10.5 Å². The maximum atomic E-state index is 11.8. The molecule has 0 saturated heterocycles. The second-order valence-corrected chi connectivity index (χ2v) is 9.52. The maximum absolute atomic E-state index is 11.8. The third-order valence-corrected chi connectivity index (χ3v) is 6.65. The number of nitrogens with one attached hydrogen (secondary N) is 2. The number of aromatic nitrogens is 2. The number of primary amides is 1. The van der Waals surface area contributed by atoms with Gasteiger partial charge in [-0.25, -0.2) is 4.98 Å². The molecule has 5 aliphatic rings. The van der Waals surface area contributed by atoms with E-state index in [-0.39, 0.29) is 5.54 Å².